The molecule has 5 nitrogen and oxygen atoms in total. The van der Waals surface area contributed by atoms with Crippen molar-refractivity contribution in [1.29, 1.82) is 0 Å². The molecule has 1 aliphatic rings. The molecule has 0 aromatic carbocycles. The van der Waals surface area contributed by atoms with Crippen molar-refractivity contribution in [3.63, 3.8) is 0 Å². The summed E-state index contributed by atoms with van der Waals surface area (Å²) < 4.78 is 0. The summed E-state index contributed by atoms with van der Waals surface area (Å²) in [6.07, 6.45) is 2.32. The van der Waals surface area contributed by atoms with E-state index in [2.05, 4.69) is 10.3 Å². The van der Waals surface area contributed by atoms with Crippen LogP contribution in [-0.4, -0.2) is 16.5 Å². The second-order valence-electron chi connectivity index (χ2n) is 3.11. The van der Waals surface area contributed by atoms with Crippen molar-refractivity contribution in [2.24, 2.45) is 0 Å². The maximum absolute atomic E-state index is 10.7. The van der Waals surface area contributed by atoms with Crippen LogP contribution in [-0.2, 0) is 0 Å². The Hall–Kier alpha value is -1.20. The smallest absolute Gasteiger partial charge is 0.293 e. The van der Waals surface area contributed by atoms with Crippen LogP contribution >= 0.6 is 11.6 Å². The summed E-state index contributed by atoms with van der Waals surface area (Å²) in [5.74, 6) is 0. The molecule has 2 heterocycles. The highest BCUT2D eigenvalue weighted by atomic mass is 35.5. The number of nitro groups is 1. The van der Waals surface area contributed by atoms with Crippen LogP contribution in [0.15, 0.2) is 12.3 Å². The fourth-order valence-corrected chi connectivity index (χ4v) is 1.53. The van der Waals surface area contributed by atoms with Gasteiger partial charge in [-0.2, -0.15) is 0 Å². The Kier molecular flexibility index (Phi) is 2.35. The molecule has 14 heavy (non-hydrogen) atoms. The number of pyridine rings is 1. The Morgan fingerprint density at radius 2 is 2.43 bits per heavy atom. The summed E-state index contributed by atoms with van der Waals surface area (Å²) in [6, 6.07) is 1.34. The molecule has 1 saturated heterocycles. The summed E-state index contributed by atoms with van der Waals surface area (Å²) in [5, 5.41) is 14.1. The highest BCUT2D eigenvalue weighted by Crippen LogP contribution is 2.30. The lowest BCUT2D eigenvalue weighted by molar-refractivity contribution is -0.386. The molecule has 6 heteroatoms. The first-order valence-electron chi connectivity index (χ1n) is 4.21. The van der Waals surface area contributed by atoms with E-state index in [1.54, 1.807) is 0 Å². The normalized spacial score (nSPS) is 20.2. The van der Waals surface area contributed by atoms with Gasteiger partial charge in [-0.1, -0.05) is 11.6 Å². The van der Waals surface area contributed by atoms with Crippen LogP contribution in [0, 0.1) is 10.1 Å². The quantitative estimate of drug-likeness (QED) is 0.600. The molecule has 1 fully saturated rings. The van der Waals surface area contributed by atoms with Gasteiger partial charge < -0.3 is 5.32 Å². The average molecular weight is 214 g/mol. The van der Waals surface area contributed by atoms with E-state index < -0.39 is 4.92 Å². The summed E-state index contributed by atoms with van der Waals surface area (Å²) in [4.78, 5) is 14.2. The monoisotopic (exact) mass is 213 g/mol. The van der Waals surface area contributed by atoms with Crippen LogP contribution in [0.1, 0.15) is 18.2 Å². The van der Waals surface area contributed by atoms with Crippen LogP contribution in [0.5, 0.6) is 0 Å². The predicted octanol–water partition coefficient (Wildman–Crippen LogP) is 1.68. The van der Waals surface area contributed by atoms with Gasteiger partial charge in [-0.05, 0) is 13.0 Å². The number of nitrogens with zero attached hydrogens (tertiary/aromatic N) is 2. The SMILES string of the molecule is O=[N+]([O-])c1cc(Cl)cnc1[C@H]1CCN1. The maximum atomic E-state index is 10.7. The number of halogens is 1. The molecule has 1 aromatic rings. The zero-order chi connectivity index (χ0) is 10.1. The molecule has 1 aliphatic heterocycles. The number of rotatable bonds is 2. The lowest BCUT2D eigenvalue weighted by atomic mass is 10.0. The van der Waals surface area contributed by atoms with Gasteiger partial charge in [0.25, 0.3) is 5.69 Å². The summed E-state index contributed by atoms with van der Waals surface area (Å²) in [7, 11) is 0. The van der Waals surface area contributed by atoms with Gasteiger partial charge >= 0.3 is 0 Å². The summed E-state index contributed by atoms with van der Waals surface area (Å²) >= 11 is 5.64. The third-order valence-electron chi connectivity index (χ3n) is 2.21. The molecule has 1 atom stereocenters. The van der Waals surface area contributed by atoms with E-state index in [-0.39, 0.29) is 11.7 Å². The first-order valence-corrected chi connectivity index (χ1v) is 4.59. The summed E-state index contributed by atoms with van der Waals surface area (Å²) in [5.41, 5.74) is 0.473. The molecular weight excluding hydrogens is 206 g/mol. The zero-order valence-corrected chi connectivity index (χ0v) is 7.99. The molecule has 0 bridgehead atoms. The predicted molar refractivity (Wildman–Crippen MR) is 51.3 cm³/mol. The number of nitrogens with one attached hydrogen (secondary N) is 1. The highest BCUT2D eigenvalue weighted by molar-refractivity contribution is 6.30. The molecule has 0 unspecified atom stereocenters. The Morgan fingerprint density at radius 3 is 2.93 bits per heavy atom. The van der Waals surface area contributed by atoms with Crippen LogP contribution in [0.2, 0.25) is 5.02 Å². The van der Waals surface area contributed by atoms with Gasteiger partial charge in [0.05, 0.1) is 16.0 Å². The first-order chi connectivity index (χ1) is 6.68. The minimum atomic E-state index is -0.450. The fourth-order valence-electron chi connectivity index (χ4n) is 1.38. The number of aromatic nitrogens is 1. The third-order valence-corrected chi connectivity index (χ3v) is 2.42. The molecule has 0 saturated carbocycles. The van der Waals surface area contributed by atoms with Crippen molar-refractivity contribution in [2.45, 2.75) is 12.5 Å². The van der Waals surface area contributed by atoms with Crippen molar-refractivity contribution in [2.75, 3.05) is 6.54 Å². The van der Waals surface area contributed by atoms with Gasteiger partial charge in [-0.3, -0.25) is 15.1 Å². The van der Waals surface area contributed by atoms with Crippen LogP contribution in [0.25, 0.3) is 0 Å². The fraction of sp³-hybridized carbons (Fsp3) is 0.375. The Morgan fingerprint density at radius 1 is 1.71 bits per heavy atom. The summed E-state index contributed by atoms with van der Waals surface area (Å²) in [6.45, 7) is 0.881. The van der Waals surface area contributed by atoms with Crippen molar-refractivity contribution in [1.82, 2.24) is 10.3 Å². The van der Waals surface area contributed by atoms with E-state index in [9.17, 15) is 10.1 Å². The Bertz CT molecular complexity index is 379. The Balaban J connectivity index is 2.41. The second-order valence-corrected chi connectivity index (χ2v) is 3.55. The highest BCUT2D eigenvalue weighted by Gasteiger charge is 2.28. The molecule has 0 spiro atoms. The number of hydrogen-bond donors (Lipinski definition) is 1. The molecule has 0 amide bonds. The number of hydrogen-bond acceptors (Lipinski definition) is 4. The van der Waals surface area contributed by atoms with Gasteiger partial charge in [-0.25, -0.2) is 0 Å². The lowest BCUT2D eigenvalue weighted by Crippen LogP contribution is -2.36. The molecule has 1 N–H and O–H groups in total. The molecule has 74 valence electrons. The van der Waals surface area contributed by atoms with Gasteiger partial charge in [0, 0.05) is 12.3 Å². The van der Waals surface area contributed by atoms with Crippen molar-refractivity contribution >= 4 is 17.3 Å². The average Bonchev–Trinajstić information content (AvgIpc) is 2.04. The second kappa shape index (κ2) is 3.51. The Labute approximate surface area is 85.2 Å². The largest absolute Gasteiger partial charge is 0.308 e. The van der Waals surface area contributed by atoms with Gasteiger partial charge in [0.1, 0.15) is 5.69 Å². The third kappa shape index (κ3) is 1.56. The van der Waals surface area contributed by atoms with Crippen molar-refractivity contribution in [3.8, 4) is 0 Å². The van der Waals surface area contributed by atoms with Crippen LogP contribution in [0.3, 0.4) is 0 Å². The van der Waals surface area contributed by atoms with Crippen LogP contribution < -0.4 is 5.32 Å². The van der Waals surface area contributed by atoms with E-state index in [1.807, 2.05) is 0 Å². The standard InChI is InChI=1S/C8H8ClN3O2/c9-5-3-7(12(13)14)8(11-4-5)6-1-2-10-6/h3-4,6,10H,1-2H2/t6-/m1/s1. The van der Waals surface area contributed by atoms with Crippen LogP contribution in [0.4, 0.5) is 5.69 Å². The lowest BCUT2D eigenvalue weighted by Gasteiger charge is -2.26. The van der Waals surface area contributed by atoms with Gasteiger partial charge in [-0.15, -0.1) is 0 Å². The zero-order valence-electron chi connectivity index (χ0n) is 7.24. The maximum Gasteiger partial charge on any atom is 0.293 e. The molecule has 1 aromatic heterocycles. The topological polar surface area (TPSA) is 68.1 Å². The van der Waals surface area contributed by atoms with Crippen molar-refractivity contribution in [3.05, 3.63) is 33.1 Å². The molecule has 0 radical (unpaired) electrons. The van der Waals surface area contributed by atoms with Gasteiger partial charge in [0.2, 0.25) is 0 Å². The van der Waals surface area contributed by atoms with E-state index in [0.29, 0.717) is 10.7 Å². The van der Waals surface area contributed by atoms with Gasteiger partial charge in [0.15, 0.2) is 0 Å². The minimum absolute atomic E-state index is 0.00491. The van der Waals surface area contributed by atoms with Crippen molar-refractivity contribution < 1.29 is 4.92 Å². The van der Waals surface area contributed by atoms with E-state index >= 15 is 0 Å². The minimum Gasteiger partial charge on any atom is -0.308 e. The molecule has 2 rings (SSSR count). The van der Waals surface area contributed by atoms with E-state index in [1.165, 1.54) is 12.3 Å². The molecular formula is C8H8ClN3O2. The van der Waals surface area contributed by atoms with E-state index in [0.717, 1.165) is 13.0 Å². The van der Waals surface area contributed by atoms with E-state index in [4.69, 9.17) is 11.6 Å². The molecule has 0 aliphatic carbocycles. The first kappa shape index (κ1) is 9.36.